The van der Waals surface area contributed by atoms with Crippen molar-refractivity contribution in [2.45, 2.75) is 87.6 Å². The maximum Gasteiger partial charge on any atom is 0.381 e. The molecule has 0 aliphatic heterocycles. The van der Waals surface area contributed by atoms with Crippen LogP contribution in [0.4, 0.5) is 52.7 Å². The third-order valence-electron chi connectivity index (χ3n) is 3.84. The smallest absolute Gasteiger partial charge is 0.381 e. The Kier molecular flexibility index (Phi) is 8.78. The van der Waals surface area contributed by atoms with Crippen molar-refractivity contribution in [3.63, 3.8) is 0 Å². The summed E-state index contributed by atoms with van der Waals surface area (Å²) >= 11 is 0. The highest BCUT2D eigenvalue weighted by Crippen LogP contribution is 2.56. The summed E-state index contributed by atoms with van der Waals surface area (Å²) in [6, 6.07) is 0. The zero-order chi connectivity index (χ0) is 21.8. The molecule has 3 unspecified atom stereocenters. The number of rotatable bonds is 12. The minimum absolute atomic E-state index is 0.165. The van der Waals surface area contributed by atoms with Gasteiger partial charge in [-0.25, -0.2) is 17.6 Å². The van der Waals surface area contributed by atoms with Gasteiger partial charge in [-0.3, -0.25) is 0 Å². The quantitative estimate of drug-likeness (QED) is 0.307. The average molecular weight is 430 g/mol. The molecule has 0 saturated carbocycles. The summed E-state index contributed by atoms with van der Waals surface area (Å²) in [5.41, 5.74) is 0. The molecule has 0 aromatic carbocycles. The van der Waals surface area contributed by atoms with Gasteiger partial charge in [0.25, 0.3) is 6.43 Å². The Hall–Kier alpha value is -0.880. The van der Waals surface area contributed by atoms with E-state index >= 15 is 0 Å². The van der Waals surface area contributed by atoms with Crippen LogP contribution in [0.5, 0.6) is 0 Å². The maximum atomic E-state index is 13.6. The molecule has 0 bridgehead atoms. The summed E-state index contributed by atoms with van der Waals surface area (Å²) in [4.78, 5) is 0. The van der Waals surface area contributed by atoms with Crippen LogP contribution in [0.3, 0.4) is 0 Å². The molecule has 0 spiro atoms. The molecule has 0 aliphatic carbocycles. The number of halogens is 12. The number of hydrogen-bond donors (Lipinski definition) is 1. The van der Waals surface area contributed by atoms with Gasteiger partial charge in [-0.1, -0.05) is 32.6 Å². The van der Waals surface area contributed by atoms with Crippen LogP contribution in [0.2, 0.25) is 0 Å². The lowest BCUT2D eigenvalue weighted by molar-refractivity contribution is -0.390. The Balaban J connectivity index is 5.60. The van der Waals surface area contributed by atoms with E-state index in [2.05, 4.69) is 0 Å². The fourth-order valence-corrected chi connectivity index (χ4v) is 2.09. The van der Waals surface area contributed by atoms with E-state index in [0.717, 1.165) is 0 Å². The number of aliphatic hydroxyl groups is 1. The first-order valence-electron chi connectivity index (χ1n) is 7.75. The molecule has 1 N–H and O–H groups in total. The highest BCUT2D eigenvalue weighted by atomic mass is 19.4. The van der Waals surface area contributed by atoms with Gasteiger partial charge in [-0.05, 0) is 6.42 Å². The SMILES string of the molecule is CCCCCCC(O)C(F)C(F)(F)C(F)(F)C(F)(F)C(F)(F)C(F)C(F)F. The van der Waals surface area contributed by atoms with Crippen LogP contribution in [-0.4, -0.2) is 53.7 Å². The monoisotopic (exact) mass is 430 g/mol. The fourth-order valence-electron chi connectivity index (χ4n) is 2.09. The predicted octanol–water partition coefficient (Wildman–Crippen LogP) is 5.80. The van der Waals surface area contributed by atoms with Crippen molar-refractivity contribution in [1.82, 2.24) is 0 Å². The molecule has 0 rings (SSSR count). The van der Waals surface area contributed by atoms with Crippen molar-refractivity contribution < 1.29 is 57.8 Å². The zero-order valence-electron chi connectivity index (χ0n) is 13.8. The van der Waals surface area contributed by atoms with E-state index < -0.39 is 55.0 Å². The van der Waals surface area contributed by atoms with Crippen LogP contribution in [-0.2, 0) is 0 Å². The molecule has 0 amide bonds. The van der Waals surface area contributed by atoms with Gasteiger partial charge < -0.3 is 5.11 Å². The lowest BCUT2D eigenvalue weighted by atomic mass is 9.90. The molecule has 0 aliphatic rings. The van der Waals surface area contributed by atoms with E-state index in [-0.39, 0.29) is 12.8 Å². The molecule has 13 heteroatoms. The summed E-state index contributed by atoms with van der Waals surface area (Å²) < 4.78 is 156. The van der Waals surface area contributed by atoms with Gasteiger partial charge in [0.2, 0.25) is 6.17 Å². The maximum absolute atomic E-state index is 13.6. The van der Waals surface area contributed by atoms with Gasteiger partial charge >= 0.3 is 23.7 Å². The van der Waals surface area contributed by atoms with E-state index in [1.165, 1.54) is 0 Å². The topological polar surface area (TPSA) is 20.2 Å². The molecule has 0 heterocycles. The normalized spacial score (nSPS) is 17.9. The molecule has 0 aromatic rings. The van der Waals surface area contributed by atoms with E-state index in [1.54, 1.807) is 6.92 Å². The van der Waals surface area contributed by atoms with E-state index in [0.29, 0.717) is 12.8 Å². The second kappa shape index (κ2) is 9.08. The van der Waals surface area contributed by atoms with Crippen molar-refractivity contribution in [3.05, 3.63) is 0 Å². The summed E-state index contributed by atoms with van der Waals surface area (Å²) in [5.74, 6) is -28.2. The minimum Gasteiger partial charge on any atom is -0.390 e. The lowest BCUT2D eigenvalue weighted by Crippen LogP contribution is -2.68. The molecule has 164 valence electrons. The molecule has 0 saturated heterocycles. The molecule has 27 heavy (non-hydrogen) atoms. The first kappa shape index (κ1) is 26.1. The van der Waals surface area contributed by atoms with Crippen LogP contribution >= 0.6 is 0 Å². The van der Waals surface area contributed by atoms with Crippen LogP contribution in [0.15, 0.2) is 0 Å². The molecule has 0 radical (unpaired) electrons. The number of aliphatic hydroxyl groups excluding tert-OH is 1. The second-order valence-electron chi connectivity index (χ2n) is 5.95. The van der Waals surface area contributed by atoms with Crippen molar-refractivity contribution in [2.24, 2.45) is 0 Å². The number of unbranched alkanes of at least 4 members (excludes halogenated alkanes) is 3. The molecule has 0 aromatic heterocycles. The van der Waals surface area contributed by atoms with Gasteiger partial charge in [0.05, 0.1) is 6.10 Å². The van der Waals surface area contributed by atoms with Gasteiger partial charge in [-0.2, -0.15) is 35.1 Å². The van der Waals surface area contributed by atoms with Crippen molar-refractivity contribution in [3.8, 4) is 0 Å². The van der Waals surface area contributed by atoms with Crippen LogP contribution < -0.4 is 0 Å². The summed E-state index contributed by atoms with van der Waals surface area (Å²) in [6.45, 7) is 1.71. The van der Waals surface area contributed by atoms with E-state index in [1.807, 2.05) is 0 Å². The summed E-state index contributed by atoms with van der Waals surface area (Å²) in [6.07, 6.45) is -17.2. The van der Waals surface area contributed by atoms with E-state index in [9.17, 15) is 52.7 Å². The number of hydrogen-bond acceptors (Lipinski definition) is 1. The molecular weight excluding hydrogens is 412 g/mol. The van der Waals surface area contributed by atoms with Gasteiger partial charge in [0.15, 0.2) is 6.17 Å². The highest BCUT2D eigenvalue weighted by molar-refractivity contribution is 5.09. The molecule has 3 atom stereocenters. The van der Waals surface area contributed by atoms with Crippen LogP contribution in [0, 0.1) is 0 Å². The first-order chi connectivity index (χ1) is 12.0. The third-order valence-corrected chi connectivity index (χ3v) is 3.84. The summed E-state index contributed by atoms with van der Waals surface area (Å²) in [7, 11) is 0. The molecular formula is C14H18F12O. The van der Waals surface area contributed by atoms with E-state index in [4.69, 9.17) is 5.11 Å². The zero-order valence-corrected chi connectivity index (χ0v) is 13.8. The van der Waals surface area contributed by atoms with Crippen molar-refractivity contribution >= 4 is 0 Å². The average Bonchev–Trinajstić information content (AvgIpc) is 2.56. The van der Waals surface area contributed by atoms with Crippen molar-refractivity contribution in [2.75, 3.05) is 0 Å². The largest absolute Gasteiger partial charge is 0.390 e. The van der Waals surface area contributed by atoms with Crippen LogP contribution in [0.25, 0.3) is 0 Å². The Morgan fingerprint density at radius 2 is 1.07 bits per heavy atom. The van der Waals surface area contributed by atoms with Crippen molar-refractivity contribution in [1.29, 1.82) is 0 Å². The Morgan fingerprint density at radius 3 is 1.44 bits per heavy atom. The fraction of sp³-hybridized carbons (Fsp3) is 1.00. The third kappa shape index (κ3) is 4.94. The van der Waals surface area contributed by atoms with Gasteiger partial charge in [-0.15, -0.1) is 0 Å². The Morgan fingerprint density at radius 1 is 0.667 bits per heavy atom. The standard InChI is InChI=1S/C14H18F12O/c1-2-3-4-5-6-7(27)8(15)11(19,20)13(23,24)14(25,26)12(21,22)9(16)10(17)18/h7-10,27H,2-6H2,1H3. The molecule has 1 nitrogen and oxygen atoms in total. The minimum atomic E-state index is -7.38. The van der Waals surface area contributed by atoms with Crippen LogP contribution in [0.1, 0.15) is 39.0 Å². The van der Waals surface area contributed by atoms with Gasteiger partial charge in [0, 0.05) is 0 Å². The lowest BCUT2D eigenvalue weighted by Gasteiger charge is -2.39. The highest BCUT2D eigenvalue weighted by Gasteiger charge is 2.84. The Bertz CT molecular complexity index is 453. The van der Waals surface area contributed by atoms with Gasteiger partial charge in [0.1, 0.15) is 0 Å². The Labute approximate surface area is 146 Å². The second-order valence-corrected chi connectivity index (χ2v) is 5.95. The first-order valence-corrected chi connectivity index (χ1v) is 7.75. The number of alkyl halides is 12. The predicted molar refractivity (Wildman–Crippen MR) is 70.3 cm³/mol. The summed E-state index contributed by atoms with van der Waals surface area (Å²) in [5, 5.41) is 9.17. The molecule has 0 fully saturated rings.